The van der Waals surface area contributed by atoms with Gasteiger partial charge in [0.05, 0.1) is 6.20 Å². The van der Waals surface area contributed by atoms with Crippen molar-refractivity contribution in [3.05, 3.63) is 23.6 Å². The Morgan fingerprint density at radius 2 is 2.60 bits per heavy atom. The molecule has 0 radical (unpaired) electrons. The SMILES string of the molecule is C/C(C=O)=C/c1ccno1. The summed E-state index contributed by atoms with van der Waals surface area (Å²) in [6, 6.07) is 1.69. The van der Waals surface area contributed by atoms with Crippen LogP contribution in [0.15, 0.2) is 22.4 Å². The van der Waals surface area contributed by atoms with Crippen LogP contribution in [0.25, 0.3) is 6.08 Å². The van der Waals surface area contributed by atoms with E-state index < -0.39 is 0 Å². The van der Waals surface area contributed by atoms with Crippen molar-refractivity contribution in [1.29, 1.82) is 0 Å². The van der Waals surface area contributed by atoms with Crippen molar-refractivity contribution in [3.63, 3.8) is 0 Å². The molecule has 0 bridgehead atoms. The zero-order chi connectivity index (χ0) is 7.40. The van der Waals surface area contributed by atoms with Crippen LogP contribution in [0, 0.1) is 0 Å². The first-order chi connectivity index (χ1) is 4.83. The van der Waals surface area contributed by atoms with Gasteiger partial charge in [0.15, 0.2) is 5.76 Å². The lowest BCUT2D eigenvalue weighted by atomic mass is 10.3. The highest BCUT2D eigenvalue weighted by molar-refractivity contribution is 5.79. The molecule has 0 unspecified atom stereocenters. The van der Waals surface area contributed by atoms with Crippen molar-refractivity contribution in [2.75, 3.05) is 0 Å². The molecule has 0 saturated heterocycles. The Kier molecular flexibility index (Phi) is 1.99. The number of aromatic nitrogens is 1. The van der Waals surface area contributed by atoms with E-state index in [1.165, 1.54) is 6.20 Å². The molecule has 3 heteroatoms. The summed E-state index contributed by atoms with van der Waals surface area (Å²) < 4.78 is 4.72. The number of hydrogen-bond acceptors (Lipinski definition) is 3. The minimum Gasteiger partial charge on any atom is -0.357 e. The molecule has 1 aromatic heterocycles. The van der Waals surface area contributed by atoms with Gasteiger partial charge in [-0.1, -0.05) is 5.16 Å². The van der Waals surface area contributed by atoms with Gasteiger partial charge in [-0.05, 0) is 18.6 Å². The van der Waals surface area contributed by atoms with Crippen LogP contribution < -0.4 is 0 Å². The maximum Gasteiger partial charge on any atom is 0.159 e. The Morgan fingerprint density at radius 1 is 1.80 bits per heavy atom. The van der Waals surface area contributed by atoms with Gasteiger partial charge >= 0.3 is 0 Å². The van der Waals surface area contributed by atoms with E-state index in [1.807, 2.05) is 0 Å². The largest absolute Gasteiger partial charge is 0.357 e. The quantitative estimate of drug-likeness (QED) is 0.455. The molecular weight excluding hydrogens is 130 g/mol. The molecule has 0 amide bonds. The molecule has 1 rings (SSSR count). The summed E-state index contributed by atoms with van der Waals surface area (Å²) in [7, 11) is 0. The number of carbonyl (C=O) groups excluding carboxylic acids is 1. The first kappa shape index (κ1) is 6.74. The number of rotatable bonds is 2. The monoisotopic (exact) mass is 137 g/mol. The highest BCUT2D eigenvalue weighted by Gasteiger charge is 1.90. The second kappa shape index (κ2) is 2.96. The lowest BCUT2D eigenvalue weighted by Gasteiger charge is -1.81. The highest BCUT2D eigenvalue weighted by atomic mass is 16.5. The number of hydrogen-bond donors (Lipinski definition) is 0. The van der Waals surface area contributed by atoms with Gasteiger partial charge in [0.2, 0.25) is 0 Å². The maximum atomic E-state index is 10.1. The Labute approximate surface area is 58.3 Å². The van der Waals surface area contributed by atoms with Crippen LogP contribution in [0.1, 0.15) is 12.7 Å². The molecule has 1 heterocycles. The molecule has 10 heavy (non-hydrogen) atoms. The van der Waals surface area contributed by atoms with E-state index in [0.717, 1.165) is 6.29 Å². The smallest absolute Gasteiger partial charge is 0.159 e. The molecule has 1 aromatic rings. The molecule has 0 aromatic carbocycles. The Morgan fingerprint density at radius 3 is 3.10 bits per heavy atom. The fourth-order valence-corrected chi connectivity index (χ4v) is 0.558. The number of allylic oxidation sites excluding steroid dienone is 1. The van der Waals surface area contributed by atoms with Crippen LogP contribution in [0.2, 0.25) is 0 Å². The molecule has 52 valence electrons. The Hall–Kier alpha value is -1.38. The first-order valence-corrected chi connectivity index (χ1v) is 2.87. The summed E-state index contributed by atoms with van der Waals surface area (Å²) in [5, 5.41) is 3.47. The fourth-order valence-electron chi connectivity index (χ4n) is 0.558. The van der Waals surface area contributed by atoms with E-state index in [4.69, 9.17) is 4.52 Å². The van der Waals surface area contributed by atoms with Gasteiger partial charge in [-0.25, -0.2) is 0 Å². The zero-order valence-electron chi connectivity index (χ0n) is 5.57. The number of aldehydes is 1. The van der Waals surface area contributed by atoms with E-state index in [1.54, 1.807) is 19.1 Å². The van der Waals surface area contributed by atoms with Crippen LogP contribution in [-0.2, 0) is 4.79 Å². The van der Waals surface area contributed by atoms with Crippen LogP contribution in [0.5, 0.6) is 0 Å². The van der Waals surface area contributed by atoms with Crippen molar-refractivity contribution in [2.45, 2.75) is 6.92 Å². The second-order valence-electron chi connectivity index (χ2n) is 1.92. The van der Waals surface area contributed by atoms with Gasteiger partial charge in [0.1, 0.15) is 6.29 Å². The minimum absolute atomic E-state index is 0.601. The Balaban J connectivity index is 2.80. The molecule has 0 N–H and O–H groups in total. The molecule has 0 aliphatic heterocycles. The van der Waals surface area contributed by atoms with E-state index in [-0.39, 0.29) is 0 Å². The van der Waals surface area contributed by atoms with Crippen LogP contribution in [0.3, 0.4) is 0 Å². The van der Waals surface area contributed by atoms with Gasteiger partial charge in [0.25, 0.3) is 0 Å². The molecule has 0 fully saturated rings. The van der Waals surface area contributed by atoms with Gasteiger partial charge in [-0.15, -0.1) is 0 Å². The van der Waals surface area contributed by atoms with Gasteiger partial charge in [-0.3, -0.25) is 4.79 Å². The third-order valence-corrected chi connectivity index (χ3v) is 1.01. The van der Waals surface area contributed by atoms with Crippen LogP contribution in [0.4, 0.5) is 0 Å². The van der Waals surface area contributed by atoms with Crippen molar-refractivity contribution in [3.8, 4) is 0 Å². The van der Waals surface area contributed by atoms with E-state index in [9.17, 15) is 4.79 Å². The van der Waals surface area contributed by atoms with Gasteiger partial charge in [-0.2, -0.15) is 0 Å². The molecule has 0 aliphatic rings. The number of carbonyl (C=O) groups is 1. The predicted molar refractivity (Wildman–Crippen MR) is 36.2 cm³/mol. The zero-order valence-corrected chi connectivity index (χ0v) is 5.57. The maximum absolute atomic E-state index is 10.1. The third kappa shape index (κ3) is 1.55. The normalized spacial score (nSPS) is 11.5. The molecule has 0 atom stereocenters. The van der Waals surface area contributed by atoms with Crippen molar-refractivity contribution >= 4 is 12.4 Å². The highest BCUT2D eigenvalue weighted by Crippen LogP contribution is 2.02. The second-order valence-corrected chi connectivity index (χ2v) is 1.92. The van der Waals surface area contributed by atoms with Crippen LogP contribution >= 0.6 is 0 Å². The molecule has 3 nitrogen and oxygen atoms in total. The van der Waals surface area contributed by atoms with E-state index in [2.05, 4.69) is 5.16 Å². The topological polar surface area (TPSA) is 43.1 Å². The van der Waals surface area contributed by atoms with Crippen molar-refractivity contribution < 1.29 is 9.32 Å². The summed E-state index contributed by atoms with van der Waals surface area (Å²) in [6.45, 7) is 1.70. The fraction of sp³-hybridized carbons (Fsp3) is 0.143. The summed E-state index contributed by atoms with van der Waals surface area (Å²) in [5.74, 6) is 0.601. The molecular formula is C7H7NO2. The minimum atomic E-state index is 0.601. The molecule has 0 saturated carbocycles. The Bertz CT molecular complexity index is 236. The van der Waals surface area contributed by atoms with E-state index >= 15 is 0 Å². The average Bonchev–Trinajstić information content (AvgIpc) is 2.40. The van der Waals surface area contributed by atoms with Crippen molar-refractivity contribution in [1.82, 2.24) is 5.16 Å². The lowest BCUT2D eigenvalue weighted by molar-refractivity contribution is -0.104. The average molecular weight is 137 g/mol. The third-order valence-electron chi connectivity index (χ3n) is 1.01. The first-order valence-electron chi connectivity index (χ1n) is 2.87. The van der Waals surface area contributed by atoms with E-state index in [0.29, 0.717) is 11.3 Å². The van der Waals surface area contributed by atoms with Gasteiger partial charge < -0.3 is 4.52 Å². The number of nitrogens with zero attached hydrogens (tertiary/aromatic N) is 1. The van der Waals surface area contributed by atoms with Crippen molar-refractivity contribution in [2.24, 2.45) is 0 Å². The summed E-state index contributed by atoms with van der Waals surface area (Å²) in [5.41, 5.74) is 0.622. The summed E-state index contributed by atoms with van der Waals surface area (Å²) >= 11 is 0. The standard InChI is InChI=1S/C7H7NO2/c1-6(5-9)4-7-2-3-8-10-7/h2-5H,1H3/b6-4-. The van der Waals surface area contributed by atoms with Gasteiger partial charge in [0, 0.05) is 6.07 Å². The molecule has 0 aliphatic carbocycles. The van der Waals surface area contributed by atoms with Crippen LogP contribution in [-0.4, -0.2) is 11.4 Å². The summed E-state index contributed by atoms with van der Waals surface area (Å²) in [6.07, 6.45) is 3.92. The summed E-state index contributed by atoms with van der Waals surface area (Å²) in [4.78, 5) is 10.1. The molecule has 0 spiro atoms. The lowest BCUT2D eigenvalue weighted by Crippen LogP contribution is -1.73. The predicted octanol–water partition coefficient (Wildman–Crippen LogP) is 1.28.